The Bertz CT molecular complexity index is 1230. The van der Waals surface area contributed by atoms with E-state index in [-0.39, 0.29) is 6.04 Å². The van der Waals surface area contributed by atoms with Gasteiger partial charge < -0.3 is 4.57 Å². The quantitative estimate of drug-likeness (QED) is 0.547. The maximum atomic E-state index is 14.0. The van der Waals surface area contributed by atoms with Crippen LogP contribution in [-0.4, -0.2) is 35.7 Å². The van der Waals surface area contributed by atoms with Crippen molar-refractivity contribution in [2.75, 3.05) is 0 Å². The van der Waals surface area contributed by atoms with Gasteiger partial charge in [0.1, 0.15) is 24.1 Å². The Morgan fingerprint density at radius 3 is 2.89 bits per heavy atom. The number of aromatic nitrogens is 6. The molecule has 140 valence electrons. The van der Waals surface area contributed by atoms with Crippen molar-refractivity contribution in [3.05, 3.63) is 47.7 Å². The number of fused-ring (bicyclic) bond motifs is 3. The lowest BCUT2D eigenvalue weighted by Crippen LogP contribution is -2.14. The van der Waals surface area contributed by atoms with E-state index in [2.05, 4.69) is 25.9 Å². The maximum Gasteiger partial charge on any atom is 0.132 e. The third-order valence-electron chi connectivity index (χ3n) is 5.38. The number of nitrogens with zero attached hydrogens (tertiary/aromatic N) is 7. The predicted octanol–water partition coefficient (Wildman–Crippen LogP) is 3.47. The molecule has 1 saturated carbocycles. The topological polar surface area (TPSA) is 85.2 Å². The number of nitriles is 1. The van der Waals surface area contributed by atoms with Crippen LogP contribution in [0.3, 0.4) is 0 Å². The summed E-state index contributed by atoms with van der Waals surface area (Å²) in [5.74, 6) is 0.802. The highest BCUT2D eigenvalue weighted by Gasteiger charge is 2.29. The molecule has 0 amide bonds. The second kappa shape index (κ2) is 6.37. The van der Waals surface area contributed by atoms with Crippen LogP contribution in [0.15, 0.2) is 30.6 Å². The van der Waals surface area contributed by atoms with Gasteiger partial charge in [0, 0.05) is 17.6 Å². The van der Waals surface area contributed by atoms with Gasteiger partial charge >= 0.3 is 0 Å². The molecule has 7 nitrogen and oxygen atoms in total. The molecule has 0 bridgehead atoms. The van der Waals surface area contributed by atoms with Crippen LogP contribution in [0.1, 0.15) is 42.4 Å². The zero-order valence-corrected chi connectivity index (χ0v) is 15.4. The van der Waals surface area contributed by atoms with Crippen LogP contribution in [0.4, 0.5) is 4.39 Å². The highest BCUT2D eigenvalue weighted by Crippen LogP contribution is 2.37. The number of imidazole rings is 1. The van der Waals surface area contributed by atoms with Crippen molar-refractivity contribution >= 4 is 21.9 Å². The molecule has 2 atom stereocenters. The first-order chi connectivity index (χ1) is 13.6. The number of hydrogen-bond donors (Lipinski definition) is 0. The van der Waals surface area contributed by atoms with Crippen molar-refractivity contribution in [3.8, 4) is 6.07 Å². The van der Waals surface area contributed by atoms with Crippen molar-refractivity contribution in [1.29, 1.82) is 5.26 Å². The average Bonchev–Trinajstić information content (AvgIpc) is 3.39. The molecular formula is C20H18FN7. The first-order valence-corrected chi connectivity index (χ1v) is 9.33. The molecule has 1 fully saturated rings. The molecule has 1 aliphatic carbocycles. The minimum absolute atomic E-state index is 0.0240. The molecule has 0 unspecified atom stereocenters. The monoisotopic (exact) mass is 375 g/mol. The standard InChI is InChI=1S/C20H18FN7/c1-12-10-27(26-25-12)11-19-24-18-9-23-17-5-2-13(8-22)6-16(17)20(18)28(19)15-4-3-14(21)7-15/h2,5-6,9-10,14-15H,3-4,7,11H2,1H3/t14-,15+/m1/s1. The Morgan fingerprint density at radius 1 is 1.29 bits per heavy atom. The van der Waals surface area contributed by atoms with Gasteiger partial charge in [-0.15, -0.1) is 5.10 Å². The molecule has 0 spiro atoms. The summed E-state index contributed by atoms with van der Waals surface area (Å²) in [6, 6.07) is 7.66. The summed E-state index contributed by atoms with van der Waals surface area (Å²) in [7, 11) is 0. The summed E-state index contributed by atoms with van der Waals surface area (Å²) in [5.41, 5.74) is 3.85. The first kappa shape index (κ1) is 16.8. The molecule has 0 N–H and O–H groups in total. The molecule has 0 aliphatic heterocycles. The van der Waals surface area contributed by atoms with Crippen LogP contribution in [-0.2, 0) is 6.54 Å². The van der Waals surface area contributed by atoms with Gasteiger partial charge in [0.25, 0.3) is 0 Å². The van der Waals surface area contributed by atoms with E-state index in [1.807, 2.05) is 25.3 Å². The van der Waals surface area contributed by atoms with E-state index in [1.54, 1.807) is 16.9 Å². The van der Waals surface area contributed by atoms with E-state index in [0.717, 1.165) is 39.9 Å². The molecule has 1 aliphatic rings. The van der Waals surface area contributed by atoms with Crippen LogP contribution in [0.5, 0.6) is 0 Å². The van der Waals surface area contributed by atoms with Crippen molar-refractivity contribution in [3.63, 3.8) is 0 Å². The van der Waals surface area contributed by atoms with Gasteiger partial charge in [-0.3, -0.25) is 4.98 Å². The molecule has 0 saturated heterocycles. The number of benzene rings is 1. The van der Waals surface area contributed by atoms with E-state index in [0.29, 0.717) is 24.9 Å². The maximum absolute atomic E-state index is 14.0. The second-order valence-corrected chi connectivity index (χ2v) is 7.36. The average molecular weight is 375 g/mol. The zero-order valence-electron chi connectivity index (χ0n) is 15.4. The summed E-state index contributed by atoms with van der Waals surface area (Å²) in [4.78, 5) is 9.30. The van der Waals surface area contributed by atoms with Crippen LogP contribution < -0.4 is 0 Å². The number of rotatable bonds is 3. The summed E-state index contributed by atoms with van der Waals surface area (Å²) in [6.45, 7) is 2.33. The zero-order chi connectivity index (χ0) is 19.3. The van der Waals surface area contributed by atoms with E-state index < -0.39 is 6.17 Å². The molecular weight excluding hydrogens is 357 g/mol. The van der Waals surface area contributed by atoms with Crippen LogP contribution >= 0.6 is 0 Å². The lowest BCUT2D eigenvalue weighted by atomic mass is 10.1. The fraction of sp³-hybridized carbons (Fsp3) is 0.350. The van der Waals surface area contributed by atoms with Crippen molar-refractivity contribution in [1.82, 2.24) is 29.5 Å². The molecule has 8 heteroatoms. The van der Waals surface area contributed by atoms with Gasteiger partial charge in [0.05, 0.1) is 34.6 Å². The van der Waals surface area contributed by atoms with Crippen LogP contribution in [0.2, 0.25) is 0 Å². The highest BCUT2D eigenvalue weighted by atomic mass is 19.1. The predicted molar refractivity (Wildman–Crippen MR) is 101 cm³/mol. The van der Waals surface area contributed by atoms with Gasteiger partial charge in [0.2, 0.25) is 0 Å². The highest BCUT2D eigenvalue weighted by molar-refractivity contribution is 6.02. The molecule has 3 aromatic heterocycles. The van der Waals surface area contributed by atoms with Gasteiger partial charge in [-0.25, -0.2) is 14.1 Å². The molecule has 4 aromatic rings. The van der Waals surface area contributed by atoms with E-state index in [9.17, 15) is 9.65 Å². The Morgan fingerprint density at radius 2 is 2.18 bits per heavy atom. The molecule has 1 aromatic carbocycles. The summed E-state index contributed by atoms with van der Waals surface area (Å²) < 4.78 is 17.9. The number of aryl methyl sites for hydroxylation is 1. The molecule has 3 heterocycles. The van der Waals surface area contributed by atoms with Crippen molar-refractivity contribution in [2.45, 2.75) is 44.9 Å². The normalized spacial score (nSPS) is 19.5. The summed E-state index contributed by atoms with van der Waals surface area (Å²) in [5, 5.41) is 18.4. The number of hydrogen-bond acceptors (Lipinski definition) is 5. The second-order valence-electron chi connectivity index (χ2n) is 7.36. The van der Waals surface area contributed by atoms with E-state index in [4.69, 9.17) is 4.98 Å². The third-order valence-corrected chi connectivity index (χ3v) is 5.38. The van der Waals surface area contributed by atoms with Gasteiger partial charge in [0.15, 0.2) is 0 Å². The van der Waals surface area contributed by atoms with Gasteiger partial charge in [-0.1, -0.05) is 5.21 Å². The third kappa shape index (κ3) is 2.71. The lowest BCUT2D eigenvalue weighted by Gasteiger charge is -2.17. The lowest BCUT2D eigenvalue weighted by molar-refractivity contribution is 0.330. The summed E-state index contributed by atoms with van der Waals surface area (Å²) in [6.07, 6.45) is 4.60. The minimum Gasteiger partial charge on any atom is -0.323 e. The molecule has 28 heavy (non-hydrogen) atoms. The Balaban J connectivity index is 1.76. The van der Waals surface area contributed by atoms with Crippen LogP contribution in [0, 0.1) is 18.3 Å². The molecule has 0 radical (unpaired) electrons. The van der Waals surface area contributed by atoms with Gasteiger partial charge in [-0.05, 0) is 44.4 Å². The number of halogens is 1. The largest absolute Gasteiger partial charge is 0.323 e. The first-order valence-electron chi connectivity index (χ1n) is 9.33. The Labute approximate surface area is 160 Å². The number of alkyl halides is 1. The van der Waals surface area contributed by atoms with Crippen molar-refractivity contribution < 1.29 is 4.39 Å². The van der Waals surface area contributed by atoms with Crippen LogP contribution in [0.25, 0.3) is 21.9 Å². The van der Waals surface area contributed by atoms with Gasteiger partial charge in [-0.2, -0.15) is 5.26 Å². The Kier molecular flexibility index (Phi) is 3.83. The van der Waals surface area contributed by atoms with E-state index in [1.165, 1.54) is 0 Å². The summed E-state index contributed by atoms with van der Waals surface area (Å²) >= 11 is 0. The number of pyridine rings is 1. The fourth-order valence-electron chi connectivity index (χ4n) is 4.16. The fourth-order valence-corrected chi connectivity index (χ4v) is 4.16. The Hall–Kier alpha value is -3.34. The minimum atomic E-state index is -0.799. The smallest absolute Gasteiger partial charge is 0.132 e. The molecule has 5 rings (SSSR count). The van der Waals surface area contributed by atoms with Crippen molar-refractivity contribution in [2.24, 2.45) is 0 Å². The SMILES string of the molecule is Cc1cn(Cc2nc3cnc4ccc(C#N)cc4c3n2[C@H]2CC[C@@H](F)C2)nn1. The van der Waals surface area contributed by atoms with E-state index >= 15 is 0 Å².